The molecular formula is C14H21N3O2. The summed E-state index contributed by atoms with van der Waals surface area (Å²) in [4.78, 5) is 0. The van der Waals surface area contributed by atoms with Gasteiger partial charge in [-0.25, -0.2) is 0 Å². The number of H-pyrrole nitrogens is 1. The Morgan fingerprint density at radius 3 is 3.00 bits per heavy atom. The molecule has 0 saturated heterocycles. The van der Waals surface area contributed by atoms with E-state index in [1.54, 1.807) is 0 Å². The number of aliphatic hydroxyl groups is 1. The van der Waals surface area contributed by atoms with Gasteiger partial charge in [-0.05, 0) is 37.9 Å². The molecule has 2 heterocycles. The Labute approximate surface area is 113 Å². The van der Waals surface area contributed by atoms with E-state index in [4.69, 9.17) is 9.52 Å². The summed E-state index contributed by atoms with van der Waals surface area (Å²) in [7, 11) is 0. The monoisotopic (exact) mass is 263 g/mol. The van der Waals surface area contributed by atoms with Gasteiger partial charge >= 0.3 is 0 Å². The van der Waals surface area contributed by atoms with E-state index in [-0.39, 0.29) is 6.61 Å². The van der Waals surface area contributed by atoms with Crippen LogP contribution in [0.3, 0.4) is 0 Å². The molecule has 5 nitrogen and oxygen atoms in total. The molecule has 0 spiro atoms. The lowest BCUT2D eigenvalue weighted by atomic mass is 10.1. The third-order valence-corrected chi connectivity index (χ3v) is 3.13. The Morgan fingerprint density at radius 1 is 1.47 bits per heavy atom. The number of aliphatic hydroxyl groups excluding tert-OH is 1. The lowest BCUT2D eigenvalue weighted by Crippen LogP contribution is -2.21. The first-order chi connectivity index (χ1) is 9.20. The van der Waals surface area contributed by atoms with Gasteiger partial charge in [-0.2, -0.15) is 5.10 Å². The number of nitrogens with zero attached hydrogens (tertiary/aromatic N) is 1. The van der Waals surface area contributed by atoms with E-state index in [1.807, 2.05) is 25.3 Å². The fraction of sp³-hybridized carbons (Fsp3) is 0.500. The molecule has 0 fully saturated rings. The third-order valence-electron chi connectivity index (χ3n) is 3.13. The first kappa shape index (κ1) is 13.8. The molecule has 5 heteroatoms. The number of aromatic amines is 1. The molecule has 2 aromatic rings. The van der Waals surface area contributed by atoms with Gasteiger partial charge < -0.3 is 14.8 Å². The number of hydrogen-bond donors (Lipinski definition) is 3. The van der Waals surface area contributed by atoms with E-state index in [0.717, 1.165) is 42.3 Å². The van der Waals surface area contributed by atoms with Crippen molar-refractivity contribution in [2.45, 2.75) is 26.8 Å². The van der Waals surface area contributed by atoms with Crippen LogP contribution in [-0.2, 0) is 6.54 Å². The second kappa shape index (κ2) is 6.54. The Hall–Kier alpha value is -1.59. The molecule has 0 radical (unpaired) electrons. The maximum absolute atomic E-state index is 8.86. The van der Waals surface area contributed by atoms with E-state index < -0.39 is 0 Å². The molecule has 0 aliphatic heterocycles. The number of aromatic nitrogens is 2. The number of furan rings is 1. The summed E-state index contributed by atoms with van der Waals surface area (Å²) >= 11 is 0. The van der Waals surface area contributed by atoms with E-state index in [1.165, 1.54) is 0 Å². The smallest absolute Gasteiger partial charge is 0.152 e. The van der Waals surface area contributed by atoms with Crippen LogP contribution in [-0.4, -0.2) is 28.5 Å². The van der Waals surface area contributed by atoms with Crippen LogP contribution >= 0.6 is 0 Å². The molecule has 1 atom stereocenters. The molecule has 2 rings (SSSR count). The SMILES string of the molecule is Cc1ccc(-c2[nH]ncc2CNCC(C)CCO)o1. The normalized spacial score (nSPS) is 12.8. The topological polar surface area (TPSA) is 74.1 Å². The van der Waals surface area contributed by atoms with Crippen LogP contribution in [0, 0.1) is 12.8 Å². The number of nitrogens with one attached hydrogen (secondary N) is 2. The third kappa shape index (κ3) is 3.68. The predicted octanol–water partition coefficient (Wildman–Crippen LogP) is 2.09. The summed E-state index contributed by atoms with van der Waals surface area (Å²) in [6, 6.07) is 3.89. The van der Waals surface area contributed by atoms with Gasteiger partial charge in [0, 0.05) is 18.7 Å². The number of aryl methyl sites for hydroxylation is 1. The fourth-order valence-corrected chi connectivity index (χ4v) is 2.00. The lowest BCUT2D eigenvalue weighted by molar-refractivity contribution is 0.260. The number of hydrogen-bond acceptors (Lipinski definition) is 4. The first-order valence-electron chi connectivity index (χ1n) is 6.61. The molecule has 3 N–H and O–H groups in total. The molecule has 0 bridgehead atoms. The molecule has 1 unspecified atom stereocenters. The summed E-state index contributed by atoms with van der Waals surface area (Å²) in [6.07, 6.45) is 2.64. The van der Waals surface area contributed by atoms with Gasteiger partial charge in [-0.3, -0.25) is 5.10 Å². The molecule has 0 saturated carbocycles. The first-order valence-corrected chi connectivity index (χ1v) is 6.61. The van der Waals surface area contributed by atoms with Gasteiger partial charge in [0.25, 0.3) is 0 Å². The highest BCUT2D eigenvalue weighted by molar-refractivity contribution is 5.56. The van der Waals surface area contributed by atoms with Crippen LogP contribution < -0.4 is 5.32 Å². The Bertz CT molecular complexity index is 504. The summed E-state index contributed by atoms with van der Waals surface area (Å²) in [5.41, 5.74) is 2.01. The van der Waals surface area contributed by atoms with Crippen LogP contribution in [0.1, 0.15) is 24.7 Å². The summed E-state index contributed by atoms with van der Waals surface area (Å²) in [5.74, 6) is 2.17. The molecule has 0 amide bonds. The van der Waals surface area contributed by atoms with E-state index in [9.17, 15) is 0 Å². The van der Waals surface area contributed by atoms with Crippen LogP contribution in [0.2, 0.25) is 0 Å². The predicted molar refractivity (Wildman–Crippen MR) is 73.6 cm³/mol. The molecule has 19 heavy (non-hydrogen) atoms. The van der Waals surface area contributed by atoms with Crippen molar-refractivity contribution in [3.8, 4) is 11.5 Å². The maximum Gasteiger partial charge on any atom is 0.152 e. The van der Waals surface area contributed by atoms with Crippen molar-refractivity contribution in [1.29, 1.82) is 0 Å². The molecule has 104 valence electrons. The second-order valence-corrected chi connectivity index (χ2v) is 4.93. The van der Waals surface area contributed by atoms with Crippen molar-refractivity contribution in [2.24, 2.45) is 5.92 Å². The van der Waals surface area contributed by atoms with Crippen molar-refractivity contribution in [3.05, 3.63) is 29.7 Å². The molecule has 0 aliphatic carbocycles. The maximum atomic E-state index is 8.86. The molecule has 2 aromatic heterocycles. The van der Waals surface area contributed by atoms with Gasteiger partial charge in [-0.1, -0.05) is 6.92 Å². The van der Waals surface area contributed by atoms with Gasteiger partial charge in [0.2, 0.25) is 0 Å². The van der Waals surface area contributed by atoms with E-state index in [2.05, 4.69) is 22.4 Å². The van der Waals surface area contributed by atoms with E-state index >= 15 is 0 Å². The van der Waals surface area contributed by atoms with Gasteiger partial charge in [0.05, 0.1) is 6.20 Å². The summed E-state index contributed by atoms with van der Waals surface area (Å²) in [6.45, 7) is 5.90. The Kier molecular flexibility index (Phi) is 4.76. The fourth-order valence-electron chi connectivity index (χ4n) is 2.00. The zero-order valence-electron chi connectivity index (χ0n) is 11.4. The van der Waals surface area contributed by atoms with Gasteiger partial charge in [0.1, 0.15) is 11.5 Å². The van der Waals surface area contributed by atoms with Crippen LogP contribution in [0.4, 0.5) is 0 Å². The van der Waals surface area contributed by atoms with E-state index in [0.29, 0.717) is 5.92 Å². The Balaban J connectivity index is 1.93. The molecule has 0 aromatic carbocycles. The van der Waals surface area contributed by atoms with Crippen LogP contribution in [0.5, 0.6) is 0 Å². The minimum Gasteiger partial charge on any atom is -0.460 e. The van der Waals surface area contributed by atoms with Crippen molar-refractivity contribution in [1.82, 2.24) is 15.5 Å². The standard InChI is InChI=1S/C14H21N3O2/c1-10(5-6-18)7-15-8-12-9-16-17-14(12)13-4-3-11(2)19-13/h3-4,9-10,15,18H,5-8H2,1-2H3,(H,16,17). The average Bonchev–Trinajstić information content (AvgIpc) is 2.98. The van der Waals surface area contributed by atoms with Crippen molar-refractivity contribution in [3.63, 3.8) is 0 Å². The summed E-state index contributed by atoms with van der Waals surface area (Å²) in [5, 5.41) is 19.3. The quantitative estimate of drug-likeness (QED) is 0.715. The zero-order valence-corrected chi connectivity index (χ0v) is 11.4. The summed E-state index contributed by atoms with van der Waals surface area (Å²) < 4.78 is 5.60. The van der Waals surface area contributed by atoms with Crippen molar-refractivity contribution >= 4 is 0 Å². The Morgan fingerprint density at radius 2 is 2.32 bits per heavy atom. The molecular weight excluding hydrogens is 242 g/mol. The van der Waals surface area contributed by atoms with Gasteiger partial charge in [0.15, 0.2) is 5.76 Å². The largest absolute Gasteiger partial charge is 0.460 e. The highest BCUT2D eigenvalue weighted by Crippen LogP contribution is 2.23. The van der Waals surface area contributed by atoms with Crippen molar-refractivity contribution < 1.29 is 9.52 Å². The highest BCUT2D eigenvalue weighted by Gasteiger charge is 2.11. The highest BCUT2D eigenvalue weighted by atomic mass is 16.3. The van der Waals surface area contributed by atoms with Crippen LogP contribution in [0.25, 0.3) is 11.5 Å². The average molecular weight is 263 g/mol. The lowest BCUT2D eigenvalue weighted by Gasteiger charge is -2.10. The van der Waals surface area contributed by atoms with Crippen LogP contribution in [0.15, 0.2) is 22.7 Å². The minimum absolute atomic E-state index is 0.242. The number of rotatable bonds is 7. The minimum atomic E-state index is 0.242. The van der Waals surface area contributed by atoms with Crippen molar-refractivity contribution in [2.75, 3.05) is 13.2 Å². The zero-order chi connectivity index (χ0) is 13.7. The molecule has 0 aliphatic rings. The second-order valence-electron chi connectivity index (χ2n) is 4.93. The van der Waals surface area contributed by atoms with Gasteiger partial charge in [-0.15, -0.1) is 0 Å².